The minimum Gasteiger partial charge on any atom is -0.393 e. The van der Waals surface area contributed by atoms with Crippen molar-refractivity contribution in [3.63, 3.8) is 0 Å². The van der Waals surface area contributed by atoms with E-state index in [2.05, 4.69) is 41.5 Å². The highest BCUT2D eigenvalue weighted by Gasteiger charge is 2.21. The van der Waals surface area contributed by atoms with Crippen LogP contribution in [0.3, 0.4) is 0 Å². The lowest BCUT2D eigenvalue weighted by Crippen LogP contribution is -2.39. The molecule has 24 heavy (non-hydrogen) atoms. The molecule has 0 radical (unpaired) electrons. The molecule has 0 saturated heterocycles. The Labute approximate surface area is 146 Å². The fourth-order valence-electron chi connectivity index (χ4n) is 3.07. The first-order chi connectivity index (χ1) is 11.6. The van der Waals surface area contributed by atoms with Crippen molar-refractivity contribution in [3.8, 4) is 10.6 Å². The van der Waals surface area contributed by atoms with E-state index in [4.69, 9.17) is 0 Å². The summed E-state index contributed by atoms with van der Waals surface area (Å²) in [6, 6.07) is 8.63. The molecule has 2 aromatic rings. The van der Waals surface area contributed by atoms with Gasteiger partial charge in [-0.2, -0.15) is 0 Å². The highest BCUT2D eigenvalue weighted by molar-refractivity contribution is 7.13. The minimum absolute atomic E-state index is 0.0228. The van der Waals surface area contributed by atoms with Crippen LogP contribution in [0.15, 0.2) is 29.6 Å². The maximum atomic E-state index is 12.2. The molecule has 0 unspecified atom stereocenters. The van der Waals surface area contributed by atoms with Gasteiger partial charge in [-0.1, -0.05) is 31.2 Å². The second kappa shape index (κ2) is 7.90. The Morgan fingerprint density at radius 3 is 2.62 bits per heavy atom. The number of carbonyl (C=O) groups excluding carboxylic acids is 1. The molecule has 1 aliphatic carbocycles. The first-order valence-corrected chi connectivity index (χ1v) is 9.53. The van der Waals surface area contributed by atoms with Gasteiger partial charge in [-0.05, 0) is 37.7 Å². The summed E-state index contributed by atoms with van der Waals surface area (Å²) < 4.78 is 0. The number of aromatic nitrogens is 1. The van der Waals surface area contributed by atoms with Gasteiger partial charge in [0, 0.05) is 17.0 Å². The van der Waals surface area contributed by atoms with Crippen LogP contribution in [0.4, 0.5) is 0 Å². The number of aryl methyl sites for hydroxylation is 1. The van der Waals surface area contributed by atoms with Gasteiger partial charge in [0.15, 0.2) is 0 Å². The topological polar surface area (TPSA) is 62.2 Å². The summed E-state index contributed by atoms with van der Waals surface area (Å²) in [5.41, 5.74) is 3.24. The SMILES string of the molecule is CCc1ccc(-c2nc(CC(=O)NC3CCC(O)CC3)cs2)cc1. The second-order valence-corrected chi connectivity index (χ2v) is 7.30. The molecule has 2 N–H and O–H groups in total. The number of hydrogen-bond donors (Lipinski definition) is 2. The summed E-state index contributed by atoms with van der Waals surface area (Å²) in [4.78, 5) is 16.8. The number of hydrogen-bond acceptors (Lipinski definition) is 4. The Hall–Kier alpha value is -1.72. The molecule has 0 spiro atoms. The fraction of sp³-hybridized carbons (Fsp3) is 0.474. The number of carbonyl (C=O) groups is 1. The van der Waals surface area contributed by atoms with Crippen molar-refractivity contribution in [3.05, 3.63) is 40.9 Å². The van der Waals surface area contributed by atoms with Gasteiger partial charge < -0.3 is 10.4 Å². The smallest absolute Gasteiger partial charge is 0.226 e. The molecule has 1 amide bonds. The molecule has 0 bridgehead atoms. The molecule has 1 aromatic heterocycles. The van der Waals surface area contributed by atoms with Crippen LogP contribution in [0.25, 0.3) is 10.6 Å². The van der Waals surface area contributed by atoms with E-state index in [0.717, 1.165) is 48.4 Å². The van der Waals surface area contributed by atoms with Crippen molar-refractivity contribution < 1.29 is 9.90 Å². The quantitative estimate of drug-likeness (QED) is 0.874. The number of aliphatic hydroxyl groups is 1. The van der Waals surface area contributed by atoms with Gasteiger partial charge in [0.05, 0.1) is 18.2 Å². The van der Waals surface area contributed by atoms with Crippen LogP contribution in [-0.4, -0.2) is 28.1 Å². The van der Waals surface area contributed by atoms with Gasteiger partial charge in [-0.25, -0.2) is 4.98 Å². The van der Waals surface area contributed by atoms with E-state index in [1.807, 2.05) is 5.38 Å². The standard InChI is InChI=1S/C19H24N2O2S/c1-2-13-3-5-14(6-4-13)19-21-16(12-24-19)11-18(23)20-15-7-9-17(22)10-8-15/h3-6,12,15,17,22H,2,7-11H2,1H3,(H,20,23). The van der Waals surface area contributed by atoms with Crippen molar-refractivity contribution in [1.29, 1.82) is 0 Å². The molecule has 1 saturated carbocycles. The van der Waals surface area contributed by atoms with Crippen LogP contribution in [-0.2, 0) is 17.6 Å². The van der Waals surface area contributed by atoms with Crippen molar-refractivity contribution in [2.45, 2.75) is 57.6 Å². The molecule has 5 heteroatoms. The molecule has 128 valence electrons. The van der Waals surface area contributed by atoms with E-state index < -0.39 is 0 Å². The second-order valence-electron chi connectivity index (χ2n) is 6.44. The number of thiazole rings is 1. The van der Waals surface area contributed by atoms with Crippen LogP contribution in [0.2, 0.25) is 0 Å². The monoisotopic (exact) mass is 344 g/mol. The Balaban J connectivity index is 1.56. The molecule has 1 aliphatic rings. The Kier molecular flexibility index (Phi) is 5.63. The van der Waals surface area contributed by atoms with E-state index in [-0.39, 0.29) is 18.1 Å². The highest BCUT2D eigenvalue weighted by Crippen LogP contribution is 2.24. The third-order valence-electron chi connectivity index (χ3n) is 4.56. The average Bonchev–Trinajstić information content (AvgIpc) is 3.05. The van der Waals surface area contributed by atoms with Crippen LogP contribution >= 0.6 is 11.3 Å². The molecule has 0 aliphatic heterocycles. The van der Waals surface area contributed by atoms with Crippen molar-refractivity contribution in [1.82, 2.24) is 10.3 Å². The Morgan fingerprint density at radius 2 is 1.96 bits per heavy atom. The van der Waals surface area contributed by atoms with Crippen molar-refractivity contribution in [2.24, 2.45) is 0 Å². The molecule has 1 fully saturated rings. The molecule has 4 nitrogen and oxygen atoms in total. The van der Waals surface area contributed by atoms with E-state index in [1.54, 1.807) is 11.3 Å². The summed E-state index contributed by atoms with van der Waals surface area (Å²) in [6.07, 6.45) is 4.43. The number of amides is 1. The molecule has 0 atom stereocenters. The largest absolute Gasteiger partial charge is 0.393 e. The number of nitrogens with one attached hydrogen (secondary N) is 1. The van der Waals surface area contributed by atoms with E-state index in [0.29, 0.717) is 6.42 Å². The number of nitrogens with zero attached hydrogens (tertiary/aromatic N) is 1. The first kappa shape index (κ1) is 17.1. The van der Waals surface area contributed by atoms with Crippen molar-refractivity contribution >= 4 is 17.2 Å². The zero-order valence-corrected chi connectivity index (χ0v) is 14.8. The van der Waals surface area contributed by atoms with Crippen LogP contribution < -0.4 is 5.32 Å². The summed E-state index contributed by atoms with van der Waals surface area (Å²) in [7, 11) is 0. The third-order valence-corrected chi connectivity index (χ3v) is 5.50. The molecule has 3 rings (SSSR count). The average molecular weight is 344 g/mol. The Bertz CT molecular complexity index is 673. The molecule has 1 aromatic carbocycles. The maximum Gasteiger partial charge on any atom is 0.226 e. The van der Waals surface area contributed by atoms with Gasteiger partial charge in [0.25, 0.3) is 0 Å². The first-order valence-electron chi connectivity index (χ1n) is 8.65. The summed E-state index contributed by atoms with van der Waals surface area (Å²) in [6.45, 7) is 2.14. The van der Waals surface area contributed by atoms with Crippen molar-refractivity contribution in [2.75, 3.05) is 0 Å². The van der Waals surface area contributed by atoms with E-state index >= 15 is 0 Å². The summed E-state index contributed by atoms with van der Waals surface area (Å²) in [5.74, 6) is 0.0228. The van der Waals surface area contributed by atoms with Gasteiger partial charge in [0.2, 0.25) is 5.91 Å². The van der Waals surface area contributed by atoms with E-state index in [1.165, 1.54) is 5.56 Å². The predicted octanol–water partition coefficient (Wildman–Crippen LogP) is 3.33. The van der Waals surface area contributed by atoms with Gasteiger partial charge in [-0.3, -0.25) is 4.79 Å². The minimum atomic E-state index is -0.196. The lowest BCUT2D eigenvalue weighted by Gasteiger charge is -2.26. The van der Waals surface area contributed by atoms with Gasteiger partial charge in [-0.15, -0.1) is 11.3 Å². The van der Waals surface area contributed by atoms with Crippen LogP contribution in [0.1, 0.15) is 43.9 Å². The Morgan fingerprint density at radius 1 is 1.25 bits per heavy atom. The lowest BCUT2D eigenvalue weighted by molar-refractivity contribution is -0.121. The van der Waals surface area contributed by atoms with Gasteiger partial charge >= 0.3 is 0 Å². The zero-order chi connectivity index (χ0) is 16.9. The maximum absolute atomic E-state index is 12.2. The summed E-state index contributed by atoms with van der Waals surface area (Å²) in [5, 5.41) is 15.5. The summed E-state index contributed by atoms with van der Waals surface area (Å²) >= 11 is 1.58. The molecule has 1 heterocycles. The normalized spacial score (nSPS) is 20.8. The number of benzene rings is 1. The van der Waals surface area contributed by atoms with Gasteiger partial charge in [0.1, 0.15) is 5.01 Å². The predicted molar refractivity (Wildman–Crippen MR) is 97.0 cm³/mol. The van der Waals surface area contributed by atoms with Crippen LogP contribution in [0, 0.1) is 0 Å². The molecular weight excluding hydrogens is 320 g/mol. The van der Waals surface area contributed by atoms with Crippen LogP contribution in [0.5, 0.6) is 0 Å². The molecular formula is C19H24N2O2S. The number of rotatable bonds is 5. The lowest BCUT2D eigenvalue weighted by atomic mass is 9.93. The fourth-order valence-corrected chi connectivity index (χ4v) is 3.89. The van der Waals surface area contributed by atoms with E-state index in [9.17, 15) is 9.90 Å². The number of aliphatic hydroxyl groups excluding tert-OH is 1. The third kappa shape index (κ3) is 4.42. The highest BCUT2D eigenvalue weighted by atomic mass is 32.1. The zero-order valence-electron chi connectivity index (χ0n) is 14.0.